The molecule has 1 amide bonds. The van der Waals surface area contributed by atoms with E-state index in [-0.39, 0.29) is 124 Å². The Bertz CT molecular complexity index is 6540. The number of aromatic nitrogens is 14. The van der Waals surface area contributed by atoms with Crippen LogP contribution in [0, 0.1) is 27.7 Å². The van der Waals surface area contributed by atoms with Crippen LogP contribution in [0.5, 0.6) is 0 Å². The average Bonchev–Trinajstić information content (AvgIpc) is 1.60. The number of aryl methyl sites for hydroxylation is 4. The zero-order valence-electron chi connectivity index (χ0n) is 79.1. The van der Waals surface area contributed by atoms with Crippen LogP contribution in [-0.4, -0.2) is 323 Å². The fourth-order valence-corrected chi connectivity index (χ4v) is 23.8. The van der Waals surface area contributed by atoms with Crippen LogP contribution in [0.15, 0.2) is 75.8 Å². The predicted molar refractivity (Wildman–Crippen MR) is 508 cm³/mol. The number of nitrogens with zero attached hydrogens (tertiary/aromatic N) is 10. The number of hydrogen-bond donors (Lipinski definition) is 10. The monoisotopic (exact) mass is 2260 g/mol. The van der Waals surface area contributed by atoms with Crippen molar-refractivity contribution in [3.05, 3.63) is 149 Å². The second kappa shape index (κ2) is 49.6. The van der Waals surface area contributed by atoms with Crippen molar-refractivity contribution in [2.75, 3.05) is 151 Å². The first-order valence-electron chi connectivity index (χ1n) is 44.6. The van der Waals surface area contributed by atoms with E-state index in [4.69, 9.17) is 198 Å². The molecule has 70 heteroatoms. The normalized spacial score (nSPS) is 29.9. The molecule has 146 heavy (non-hydrogen) atoms. The lowest BCUT2D eigenvalue weighted by molar-refractivity contribution is -0.223. The number of carbonyl (C=O) groups is 1. The van der Waals surface area contributed by atoms with E-state index in [0.717, 1.165) is 47.9 Å². The molecule has 812 valence electrons. The molecule has 60 nitrogen and oxygen atoms in total. The molecule has 0 aromatic carbocycles. The van der Waals surface area contributed by atoms with Crippen LogP contribution in [0.4, 0.5) is 17.6 Å². The smallest absolute Gasteiger partial charge is 0.351 e. The summed E-state index contributed by atoms with van der Waals surface area (Å²) in [7, 11) is 6.68. The number of nitrogens with two attached hydrogens (primary N) is 3. The maximum atomic E-state index is 15.8. The SMILES string of the molecule is CC[C@H]1O[C@@H](n2cc(C)c(=O)[nH]c2=O)CC1OP([O-])(=S)OC[C@H]1O[C@@H](n2cc(C)c(=O)[nH]c2=O)[C@@H](OCCOC)C1OP(=O)([S-])OC[C@H]1O[C@@H](n2cnc3c(=O)[nH]c(N)nc32)[C@@H](OCCOC)C1OP([O-])(=S)OC[C@H]1O[C@@H](n2cnc3c2NC(N)NC3=O)[C@@H](OCCOC)C1OP([O-])(=S)OC[C@H]1O[C@@H](n2cc(C)c(=O)[nH]c2=O)[C@@H](OCCOC)C1OP([O-])(=S)OC[C@H]1O[C@@H](n2cc(C)c(N)nc2=O)[C@@H](OCCOC)C1O. The summed E-state index contributed by atoms with van der Waals surface area (Å²) >= 11 is 28.2. The van der Waals surface area contributed by atoms with Crippen molar-refractivity contribution in [3.63, 3.8) is 0 Å². The summed E-state index contributed by atoms with van der Waals surface area (Å²) in [5, 5.41) is 17.2. The summed E-state index contributed by atoms with van der Waals surface area (Å²) in [5.74, 6) is -1.41. The van der Waals surface area contributed by atoms with E-state index in [2.05, 4.69) is 50.5 Å². The van der Waals surface area contributed by atoms with Gasteiger partial charge in [0.2, 0.25) is 5.95 Å². The van der Waals surface area contributed by atoms with Crippen LogP contribution >= 0.6 is 33.7 Å². The molecule has 0 bridgehead atoms. The van der Waals surface area contributed by atoms with Gasteiger partial charge in [-0.1, -0.05) is 54.2 Å². The lowest BCUT2D eigenvalue weighted by Gasteiger charge is -2.38. The van der Waals surface area contributed by atoms with Gasteiger partial charge in [-0.05, 0) is 34.1 Å². The Morgan fingerprint density at radius 2 is 0.822 bits per heavy atom. The molecule has 29 atom stereocenters. The molecular weight excluding hydrogens is 2150 g/mol. The van der Waals surface area contributed by atoms with Crippen LogP contribution in [0.1, 0.15) is 89.9 Å². The molecule has 14 rings (SSSR count). The van der Waals surface area contributed by atoms with Gasteiger partial charge in [0.25, 0.3) is 28.1 Å². The molecular formula is C76H107N19O41P5S5-5. The van der Waals surface area contributed by atoms with Crippen molar-refractivity contribution >= 4 is 128 Å². The highest BCUT2D eigenvalue weighted by atomic mass is 32.7. The number of hydrogen-bond acceptors (Lipinski definition) is 54. The van der Waals surface area contributed by atoms with Gasteiger partial charge in [0.05, 0.1) is 124 Å². The first-order chi connectivity index (χ1) is 69.3. The Labute approximate surface area is 851 Å². The van der Waals surface area contributed by atoms with Crippen molar-refractivity contribution in [2.45, 2.75) is 195 Å². The van der Waals surface area contributed by atoms with Crippen LogP contribution < -0.4 is 92.4 Å². The minimum Gasteiger partial charge on any atom is -0.780 e. The van der Waals surface area contributed by atoms with Gasteiger partial charge in [0.15, 0.2) is 61.1 Å². The van der Waals surface area contributed by atoms with E-state index >= 15 is 14.4 Å². The maximum Gasteiger partial charge on any atom is 0.351 e. The van der Waals surface area contributed by atoms with Gasteiger partial charge < -0.3 is 180 Å². The number of imidazole rings is 2. The Morgan fingerprint density at radius 3 is 1.27 bits per heavy atom. The van der Waals surface area contributed by atoms with Crippen LogP contribution in [0.25, 0.3) is 11.2 Å². The summed E-state index contributed by atoms with van der Waals surface area (Å²) < 4.78 is 179. The van der Waals surface area contributed by atoms with Crippen molar-refractivity contribution in [3.8, 4) is 0 Å². The first-order valence-corrected chi connectivity index (χ1v) is 57.3. The molecule has 12 unspecified atom stereocenters. The molecule has 14 heterocycles. The molecule has 6 saturated heterocycles. The van der Waals surface area contributed by atoms with E-state index in [9.17, 15) is 58.0 Å². The third-order valence-electron chi connectivity index (χ3n) is 23.6. The average molecular weight is 2260 g/mol. The fourth-order valence-electron chi connectivity index (χ4n) is 16.7. The zero-order valence-corrected chi connectivity index (χ0v) is 87.7. The van der Waals surface area contributed by atoms with Gasteiger partial charge in [-0.2, -0.15) is 9.97 Å². The van der Waals surface area contributed by atoms with Crippen LogP contribution in [-0.2, 0) is 185 Å². The molecule has 13 N–H and O–H groups in total. The molecule has 0 radical (unpaired) electrons. The molecule has 0 aliphatic carbocycles. The first kappa shape index (κ1) is 115. The number of H-pyrrole nitrogens is 4. The van der Waals surface area contributed by atoms with Crippen LogP contribution in [0.2, 0.25) is 0 Å². The largest absolute Gasteiger partial charge is 0.780 e. The summed E-state index contributed by atoms with van der Waals surface area (Å²) in [6, 6.07) is 0. The second-order valence-corrected chi connectivity index (χ2v) is 47.0. The van der Waals surface area contributed by atoms with Crippen molar-refractivity contribution in [2.24, 2.45) is 5.73 Å². The number of carbonyl (C=O) groups excluding carboxylic acids is 1. The Hall–Kier alpha value is -6.75. The lowest BCUT2D eigenvalue weighted by atomic mass is 10.1. The third-order valence-corrected chi connectivity index (χ3v) is 31.3. The number of rotatable bonds is 52. The predicted octanol–water partition coefficient (Wildman–Crippen LogP) is -5.57. The van der Waals surface area contributed by atoms with Crippen molar-refractivity contribution in [1.82, 2.24) is 72.6 Å². The van der Waals surface area contributed by atoms with Gasteiger partial charge >= 0.3 is 22.8 Å². The third kappa shape index (κ3) is 27.3. The summed E-state index contributed by atoms with van der Waals surface area (Å²) in [5.41, 5.74) is 10.9. The number of aliphatic hydroxyl groups is 1. The number of ether oxygens (including phenoxy) is 16. The summed E-state index contributed by atoms with van der Waals surface area (Å²) in [6.07, 6.45) is -31.5. The van der Waals surface area contributed by atoms with Gasteiger partial charge in [0, 0.05) is 89.0 Å². The molecule has 7 aromatic heterocycles. The number of fused-ring (bicyclic) bond motifs is 2. The molecule has 0 spiro atoms. The summed E-state index contributed by atoms with van der Waals surface area (Å²) in [6.45, 7) is -25.7. The highest BCUT2D eigenvalue weighted by molar-refractivity contribution is 8.32. The number of nitrogen functional groups attached to an aromatic ring is 2. The minimum absolute atomic E-state index is 0.0168. The fraction of sp³-hybridized carbons (Fsp3) is 0.671. The second-order valence-electron chi connectivity index (χ2n) is 33.5. The Morgan fingerprint density at radius 1 is 0.445 bits per heavy atom. The van der Waals surface area contributed by atoms with Crippen molar-refractivity contribution in [1.29, 1.82) is 0 Å². The van der Waals surface area contributed by atoms with Gasteiger partial charge in [-0.15, -0.1) is 0 Å². The van der Waals surface area contributed by atoms with Gasteiger partial charge in [-0.3, -0.25) is 81.6 Å². The summed E-state index contributed by atoms with van der Waals surface area (Å²) in [4.78, 5) is 206. The zero-order chi connectivity index (χ0) is 106. The highest BCUT2D eigenvalue weighted by Crippen LogP contribution is 2.57. The molecule has 6 fully saturated rings. The van der Waals surface area contributed by atoms with Gasteiger partial charge in [0.1, 0.15) is 136 Å². The number of methoxy groups -OCH3 is 5. The van der Waals surface area contributed by atoms with Crippen LogP contribution in [0.3, 0.4) is 0 Å². The van der Waals surface area contributed by atoms with E-state index in [0.29, 0.717) is 5.56 Å². The standard InChI is InChI=1S/C76H112N19O41P5S5/c1-11-38-39(22-45(126-38)90-24-35(3)61(97)87-74(90)103)132-137(106,142)122-28-41-49(54(117-18-13-112-7)67(128-41)92-25-36(4)62(98)88-75(92)104)134-139(108,144)124-30-43-52(57(120-21-16-115-10)70(130-43)95-33-81-47-60(95)84-72(79)86-65(47)101)136-141(110,146)125-31-44-51(56(119-20-15-114-9)69(131-44)94-32-80-46-59(94)83-71(78)85-64(46)100)135-140(109,145)123-29-42-50(55(118-19-14-113-8)68(129-42)93-26-37(5)63(99)89-76(93)105)133-138(107,143)121-27-40-48(96)53(116-17-12-111-6)66(127-40)91-23-34(2)58(77)82-73(91)102/h23-26,32-33,38-45,48-57,66-71,83,96H,11-22,27-31,78H2,1-10H3,(H,85,100)(H,106,142)(H,107,143)(H,108,144)(H,109,145)(H,110,146)(H2,77,82,102)(H,87,97,103)(H,88,98,104)(H,89,99,105)(H3,79,84,86,101)/p-5/t38-,39?,40-,41-,42-,43-,44-,45-,48?,49?,50?,51?,52?,53+,54+,55+,56+,57+,66-,67-,68-,69-,70-,71?,137?,138?,139?,140?,141?/m1/s1. The number of anilines is 3. The number of aromatic amines is 4. The highest BCUT2D eigenvalue weighted by Gasteiger charge is 2.57. The Balaban J connectivity index is 0.768. The lowest BCUT2D eigenvalue weighted by Crippen LogP contribution is -2.51. The number of aliphatic hydroxyl groups excluding tert-OH is 1. The van der Waals surface area contributed by atoms with Gasteiger partial charge in [-0.25, -0.2) is 29.1 Å². The minimum atomic E-state index is -5.38. The van der Waals surface area contributed by atoms with E-state index < -0.39 is 271 Å². The maximum absolute atomic E-state index is 15.8. The molecule has 7 aliphatic rings. The Kier molecular flexibility index (Phi) is 39.0. The van der Waals surface area contributed by atoms with E-state index in [1.807, 2.05) is 0 Å². The molecule has 7 aromatic rings. The van der Waals surface area contributed by atoms with E-state index in [1.165, 1.54) is 73.3 Å². The quantitative estimate of drug-likeness (QED) is 0.00965. The number of amides is 1. The topological polar surface area (TPSA) is 770 Å². The molecule has 0 saturated carbocycles. The number of nitrogens with one attached hydrogen (secondary N) is 6. The molecule has 7 aliphatic heterocycles. The van der Waals surface area contributed by atoms with Crippen molar-refractivity contribution < 1.29 is 155 Å². The van der Waals surface area contributed by atoms with E-state index in [1.54, 1.807) is 13.8 Å².